The summed E-state index contributed by atoms with van der Waals surface area (Å²) in [5.41, 5.74) is 1.66. The largest absolute Gasteiger partial charge is 0.349 e. The normalized spacial score (nSPS) is 10.4. The van der Waals surface area contributed by atoms with Crippen LogP contribution in [0.1, 0.15) is 5.69 Å². The average Bonchev–Trinajstić information content (AvgIpc) is 2.93. The van der Waals surface area contributed by atoms with E-state index in [9.17, 15) is 0 Å². The molecule has 3 rings (SSSR count). The Morgan fingerprint density at radius 3 is 2.80 bits per heavy atom. The molecule has 0 aliphatic rings. The lowest BCUT2D eigenvalue weighted by Crippen LogP contribution is -2.06. The maximum atomic E-state index is 4.42. The second-order valence-corrected chi connectivity index (χ2v) is 4.15. The number of anilines is 1. The smallest absolute Gasteiger partial charge is 0.223 e. The van der Waals surface area contributed by atoms with Crippen LogP contribution < -0.4 is 5.32 Å². The van der Waals surface area contributed by atoms with Gasteiger partial charge >= 0.3 is 0 Å². The first-order valence-electron chi connectivity index (χ1n) is 6.14. The molecule has 7 heteroatoms. The zero-order valence-electron chi connectivity index (χ0n) is 10.9. The first kappa shape index (κ1) is 12.2. The summed E-state index contributed by atoms with van der Waals surface area (Å²) in [4.78, 5) is 17.0. The Balaban J connectivity index is 1.77. The van der Waals surface area contributed by atoms with E-state index in [0.717, 1.165) is 11.4 Å². The van der Waals surface area contributed by atoms with Gasteiger partial charge in [0.25, 0.3) is 0 Å². The van der Waals surface area contributed by atoms with Crippen LogP contribution in [0.15, 0.2) is 43.0 Å². The van der Waals surface area contributed by atoms with Crippen molar-refractivity contribution in [2.75, 3.05) is 5.32 Å². The van der Waals surface area contributed by atoms with Gasteiger partial charge in [0.15, 0.2) is 5.82 Å². The number of aromatic nitrogens is 6. The number of hydrogen-bond donors (Lipinski definition) is 1. The molecule has 3 aromatic heterocycles. The summed E-state index contributed by atoms with van der Waals surface area (Å²) < 4.78 is 1.67. The molecule has 0 atom stereocenters. The molecule has 100 valence electrons. The Morgan fingerprint density at radius 1 is 1.10 bits per heavy atom. The van der Waals surface area contributed by atoms with E-state index in [1.165, 1.54) is 6.33 Å². The monoisotopic (exact) mass is 267 g/mol. The maximum absolute atomic E-state index is 4.42. The Labute approximate surface area is 115 Å². The lowest BCUT2D eigenvalue weighted by Gasteiger charge is -2.05. The van der Waals surface area contributed by atoms with Gasteiger partial charge < -0.3 is 5.32 Å². The van der Waals surface area contributed by atoms with E-state index >= 15 is 0 Å². The van der Waals surface area contributed by atoms with Crippen LogP contribution in [-0.4, -0.2) is 29.7 Å². The highest BCUT2D eigenvalue weighted by molar-refractivity contribution is 5.50. The van der Waals surface area contributed by atoms with E-state index in [2.05, 4.69) is 30.4 Å². The van der Waals surface area contributed by atoms with Crippen LogP contribution in [-0.2, 0) is 13.6 Å². The van der Waals surface area contributed by atoms with E-state index in [0.29, 0.717) is 18.3 Å². The predicted molar refractivity (Wildman–Crippen MR) is 73.6 cm³/mol. The van der Waals surface area contributed by atoms with Gasteiger partial charge in [-0.05, 0) is 18.2 Å². The fourth-order valence-electron chi connectivity index (χ4n) is 1.77. The zero-order chi connectivity index (χ0) is 13.8. The van der Waals surface area contributed by atoms with Gasteiger partial charge in [-0.25, -0.2) is 19.6 Å². The first-order valence-corrected chi connectivity index (χ1v) is 6.14. The van der Waals surface area contributed by atoms with Crippen LogP contribution in [0.2, 0.25) is 0 Å². The summed E-state index contributed by atoms with van der Waals surface area (Å²) in [5, 5.41) is 7.17. The zero-order valence-corrected chi connectivity index (χ0v) is 10.9. The van der Waals surface area contributed by atoms with Gasteiger partial charge in [-0.2, -0.15) is 5.10 Å². The van der Waals surface area contributed by atoms with Gasteiger partial charge in [0.05, 0.1) is 12.2 Å². The van der Waals surface area contributed by atoms with Crippen molar-refractivity contribution >= 4 is 5.95 Å². The van der Waals surface area contributed by atoms with Crippen LogP contribution in [0.4, 0.5) is 5.95 Å². The average molecular weight is 267 g/mol. The van der Waals surface area contributed by atoms with Gasteiger partial charge in [-0.1, -0.05) is 6.07 Å². The van der Waals surface area contributed by atoms with Crippen molar-refractivity contribution in [1.82, 2.24) is 29.7 Å². The second kappa shape index (κ2) is 5.43. The molecule has 0 aromatic carbocycles. The number of aryl methyl sites for hydroxylation is 1. The van der Waals surface area contributed by atoms with Crippen molar-refractivity contribution < 1.29 is 0 Å². The third-order valence-electron chi connectivity index (χ3n) is 2.75. The number of rotatable bonds is 4. The van der Waals surface area contributed by atoms with Crippen molar-refractivity contribution in [3.63, 3.8) is 0 Å². The molecule has 0 unspecified atom stereocenters. The highest BCUT2D eigenvalue weighted by Gasteiger charge is 2.07. The molecule has 0 bridgehead atoms. The number of hydrogen-bond acceptors (Lipinski definition) is 6. The van der Waals surface area contributed by atoms with Crippen molar-refractivity contribution in [2.45, 2.75) is 6.54 Å². The third kappa shape index (κ3) is 2.61. The van der Waals surface area contributed by atoms with E-state index in [1.807, 2.05) is 25.2 Å². The molecule has 0 amide bonds. The van der Waals surface area contributed by atoms with Gasteiger partial charge in [-0.3, -0.25) is 4.98 Å². The van der Waals surface area contributed by atoms with Gasteiger partial charge in [0.2, 0.25) is 5.95 Å². The molecule has 0 saturated carbocycles. The lowest BCUT2D eigenvalue weighted by molar-refractivity contribution is 0.771. The molecular formula is C13H13N7. The van der Waals surface area contributed by atoms with Crippen molar-refractivity contribution in [3.05, 3.63) is 48.7 Å². The standard InChI is InChI=1S/C13H13N7/c1-20-12(17-9-18-20)11-5-7-15-13(19-11)16-8-10-4-2-3-6-14-10/h2-7,9H,8H2,1H3,(H,15,16,19). The van der Waals surface area contributed by atoms with E-state index in [-0.39, 0.29) is 0 Å². The first-order chi connectivity index (χ1) is 9.83. The molecule has 0 radical (unpaired) electrons. The van der Waals surface area contributed by atoms with Crippen molar-refractivity contribution in [1.29, 1.82) is 0 Å². The Morgan fingerprint density at radius 2 is 2.05 bits per heavy atom. The molecule has 1 N–H and O–H groups in total. The van der Waals surface area contributed by atoms with E-state index in [1.54, 1.807) is 23.1 Å². The van der Waals surface area contributed by atoms with E-state index < -0.39 is 0 Å². The van der Waals surface area contributed by atoms with Crippen LogP contribution in [0.5, 0.6) is 0 Å². The quantitative estimate of drug-likeness (QED) is 0.767. The Bertz CT molecular complexity index is 693. The summed E-state index contributed by atoms with van der Waals surface area (Å²) in [7, 11) is 1.82. The maximum Gasteiger partial charge on any atom is 0.223 e. The molecule has 3 aromatic rings. The fourth-order valence-corrected chi connectivity index (χ4v) is 1.77. The molecular weight excluding hydrogens is 254 g/mol. The van der Waals surface area contributed by atoms with Gasteiger partial charge in [0.1, 0.15) is 12.0 Å². The number of pyridine rings is 1. The lowest BCUT2D eigenvalue weighted by atomic mass is 10.3. The summed E-state index contributed by atoms with van der Waals surface area (Å²) in [6.07, 6.45) is 4.95. The summed E-state index contributed by atoms with van der Waals surface area (Å²) in [6, 6.07) is 7.57. The molecule has 20 heavy (non-hydrogen) atoms. The topological polar surface area (TPSA) is 81.4 Å². The number of nitrogens with zero attached hydrogens (tertiary/aromatic N) is 6. The fraction of sp³-hybridized carbons (Fsp3) is 0.154. The SMILES string of the molecule is Cn1ncnc1-c1ccnc(NCc2ccccn2)n1. The van der Waals surface area contributed by atoms with Gasteiger partial charge in [-0.15, -0.1) is 0 Å². The number of nitrogens with one attached hydrogen (secondary N) is 1. The molecule has 3 heterocycles. The second-order valence-electron chi connectivity index (χ2n) is 4.15. The molecule has 0 aliphatic heterocycles. The summed E-state index contributed by atoms with van der Waals surface area (Å²) >= 11 is 0. The highest BCUT2D eigenvalue weighted by Crippen LogP contribution is 2.13. The van der Waals surface area contributed by atoms with E-state index in [4.69, 9.17) is 0 Å². The van der Waals surface area contributed by atoms with Crippen LogP contribution in [0, 0.1) is 0 Å². The highest BCUT2D eigenvalue weighted by atomic mass is 15.3. The molecule has 0 fully saturated rings. The van der Waals surface area contributed by atoms with Crippen molar-refractivity contribution in [2.24, 2.45) is 7.05 Å². The van der Waals surface area contributed by atoms with Crippen LogP contribution in [0.25, 0.3) is 11.5 Å². The Kier molecular flexibility index (Phi) is 3.32. The predicted octanol–water partition coefficient (Wildman–Crippen LogP) is 1.28. The summed E-state index contributed by atoms with van der Waals surface area (Å²) in [6.45, 7) is 0.573. The molecule has 0 spiro atoms. The molecule has 0 aliphatic carbocycles. The minimum Gasteiger partial charge on any atom is -0.349 e. The molecule has 0 saturated heterocycles. The minimum absolute atomic E-state index is 0.538. The molecule has 7 nitrogen and oxygen atoms in total. The minimum atomic E-state index is 0.538. The van der Waals surface area contributed by atoms with Gasteiger partial charge in [0, 0.05) is 19.4 Å². The van der Waals surface area contributed by atoms with Crippen LogP contribution in [0.3, 0.4) is 0 Å². The van der Waals surface area contributed by atoms with Crippen molar-refractivity contribution in [3.8, 4) is 11.5 Å². The third-order valence-corrected chi connectivity index (χ3v) is 2.75. The summed E-state index contributed by atoms with van der Waals surface area (Å²) in [5.74, 6) is 1.24. The Hall–Kier alpha value is -2.83. The van der Waals surface area contributed by atoms with Crippen LogP contribution >= 0.6 is 0 Å².